The number of halogens is 1. The number of anilines is 1. The Kier molecular flexibility index (Phi) is 8.54. The number of nitrogens with zero attached hydrogens (tertiary/aromatic N) is 3. The summed E-state index contributed by atoms with van der Waals surface area (Å²) in [5.74, 6) is 0.527. The Morgan fingerprint density at radius 1 is 1.00 bits per heavy atom. The van der Waals surface area contributed by atoms with Crippen LogP contribution >= 0.6 is 0 Å². The molecule has 3 aromatic rings. The third-order valence-corrected chi connectivity index (χ3v) is 6.35. The molecule has 1 fully saturated rings. The lowest BCUT2D eigenvalue weighted by Crippen LogP contribution is -2.32. The zero-order chi connectivity index (χ0) is 23.6. The van der Waals surface area contributed by atoms with Crippen LogP contribution in [0, 0.1) is 11.7 Å². The number of amides is 1. The predicted molar refractivity (Wildman–Crippen MR) is 131 cm³/mol. The molecule has 1 atom stereocenters. The maximum atomic E-state index is 13.5. The van der Waals surface area contributed by atoms with Crippen molar-refractivity contribution in [3.8, 4) is 0 Å². The summed E-state index contributed by atoms with van der Waals surface area (Å²) < 4.78 is 13.5. The van der Waals surface area contributed by atoms with Gasteiger partial charge in [0.2, 0.25) is 11.9 Å². The third kappa shape index (κ3) is 7.07. The molecule has 7 heteroatoms. The first-order valence-electron chi connectivity index (χ1n) is 12.2. The molecule has 0 radical (unpaired) electrons. The van der Waals surface area contributed by atoms with Crippen LogP contribution in [0.4, 0.5) is 10.3 Å². The molecule has 4 rings (SSSR count). The first-order valence-corrected chi connectivity index (χ1v) is 12.2. The average Bonchev–Trinajstić information content (AvgIpc) is 2.87. The number of carbonyl (C=O) groups is 1. The molecule has 1 heterocycles. The van der Waals surface area contributed by atoms with Gasteiger partial charge in [0.25, 0.3) is 0 Å². The van der Waals surface area contributed by atoms with Crippen molar-refractivity contribution in [3.05, 3.63) is 83.4 Å². The molecule has 1 aliphatic carbocycles. The molecular formula is C27H32FN5O. The van der Waals surface area contributed by atoms with Gasteiger partial charge in [-0.15, -0.1) is 10.2 Å². The fraction of sp³-hybridized carbons (Fsp3) is 0.407. The standard InChI is InChI=1S/C27H32FN5O/c28-23-15-13-22(14-16-23)26(31-25(34)18-21-10-5-2-6-11-21)24-19-30-27(33-32-24)29-17-7-12-20-8-3-1-4-9-20/h1,3-4,8-9,13-16,19,21,26H,2,5-7,10-12,17-18H2,(H,31,34)(H,29,30,33). The molecule has 34 heavy (non-hydrogen) atoms. The highest BCUT2D eigenvalue weighted by atomic mass is 19.1. The van der Waals surface area contributed by atoms with Crippen molar-refractivity contribution in [3.63, 3.8) is 0 Å². The van der Waals surface area contributed by atoms with Crippen LogP contribution in [0.5, 0.6) is 0 Å². The Hall–Kier alpha value is -3.35. The molecule has 1 aromatic heterocycles. The van der Waals surface area contributed by atoms with E-state index in [1.165, 1.54) is 37.0 Å². The van der Waals surface area contributed by atoms with E-state index in [2.05, 4.69) is 37.9 Å². The highest BCUT2D eigenvalue weighted by molar-refractivity contribution is 5.77. The highest BCUT2D eigenvalue weighted by Crippen LogP contribution is 2.27. The highest BCUT2D eigenvalue weighted by Gasteiger charge is 2.23. The normalized spacial score (nSPS) is 15.0. The second kappa shape index (κ2) is 12.2. The second-order valence-electron chi connectivity index (χ2n) is 8.98. The summed E-state index contributed by atoms with van der Waals surface area (Å²) in [5, 5.41) is 14.8. The molecule has 1 unspecified atom stereocenters. The Labute approximate surface area is 200 Å². The van der Waals surface area contributed by atoms with Crippen molar-refractivity contribution in [2.24, 2.45) is 5.92 Å². The Morgan fingerprint density at radius 3 is 2.47 bits per heavy atom. The Balaban J connectivity index is 1.37. The summed E-state index contributed by atoms with van der Waals surface area (Å²) in [6.45, 7) is 0.732. The van der Waals surface area contributed by atoms with Crippen molar-refractivity contribution in [2.45, 2.75) is 57.4 Å². The molecule has 1 saturated carbocycles. The number of hydrogen-bond donors (Lipinski definition) is 2. The first-order chi connectivity index (χ1) is 16.7. The van der Waals surface area contributed by atoms with Gasteiger partial charge < -0.3 is 10.6 Å². The number of aryl methyl sites for hydroxylation is 1. The topological polar surface area (TPSA) is 79.8 Å². The van der Waals surface area contributed by atoms with Gasteiger partial charge in [-0.05, 0) is 54.9 Å². The van der Waals surface area contributed by atoms with Crippen LogP contribution in [-0.4, -0.2) is 27.6 Å². The van der Waals surface area contributed by atoms with Gasteiger partial charge in [0, 0.05) is 13.0 Å². The van der Waals surface area contributed by atoms with Crippen LogP contribution in [0.2, 0.25) is 0 Å². The molecule has 2 aromatic carbocycles. The maximum Gasteiger partial charge on any atom is 0.242 e. The van der Waals surface area contributed by atoms with E-state index < -0.39 is 6.04 Å². The lowest BCUT2D eigenvalue weighted by molar-refractivity contribution is -0.122. The molecule has 0 spiro atoms. The zero-order valence-corrected chi connectivity index (χ0v) is 19.4. The molecular weight excluding hydrogens is 429 g/mol. The molecule has 0 saturated heterocycles. The van der Waals surface area contributed by atoms with Crippen molar-refractivity contribution in [1.82, 2.24) is 20.5 Å². The molecule has 1 amide bonds. The summed E-state index contributed by atoms with van der Waals surface area (Å²) in [4.78, 5) is 17.2. The minimum Gasteiger partial charge on any atom is -0.353 e. The number of carbonyl (C=O) groups excluding carboxylic acids is 1. The van der Waals surface area contributed by atoms with Crippen LogP contribution in [0.15, 0.2) is 60.8 Å². The van der Waals surface area contributed by atoms with Crippen LogP contribution < -0.4 is 10.6 Å². The lowest BCUT2D eigenvalue weighted by Gasteiger charge is -2.23. The number of benzene rings is 2. The summed E-state index contributed by atoms with van der Waals surface area (Å²) >= 11 is 0. The van der Waals surface area contributed by atoms with Crippen LogP contribution in [0.25, 0.3) is 0 Å². The van der Waals surface area contributed by atoms with E-state index in [9.17, 15) is 9.18 Å². The van der Waals surface area contributed by atoms with Gasteiger partial charge in [0.15, 0.2) is 0 Å². The smallest absolute Gasteiger partial charge is 0.242 e. The maximum absolute atomic E-state index is 13.5. The van der Waals surface area contributed by atoms with Crippen molar-refractivity contribution in [2.75, 3.05) is 11.9 Å². The molecule has 6 nitrogen and oxygen atoms in total. The monoisotopic (exact) mass is 461 g/mol. The molecule has 178 valence electrons. The predicted octanol–water partition coefficient (Wildman–Crippen LogP) is 5.23. The van der Waals surface area contributed by atoms with E-state index in [-0.39, 0.29) is 11.7 Å². The fourth-order valence-corrected chi connectivity index (χ4v) is 4.49. The summed E-state index contributed by atoms with van der Waals surface area (Å²) in [5.41, 5.74) is 2.57. The average molecular weight is 462 g/mol. The largest absolute Gasteiger partial charge is 0.353 e. The van der Waals surface area contributed by atoms with E-state index in [1.54, 1.807) is 18.3 Å². The fourth-order valence-electron chi connectivity index (χ4n) is 4.49. The van der Waals surface area contributed by atoms with Gasteiger partial charge in [-0.3, -0.25) is 4.79 Å². The van der Waals surface area contributed by atoms with Crippen LogP contribution in [-0.2, 0) is 11.2 Å². The van der Waals surface area contributed by atoms with E-state index in [0.717, 1.165) is 37.8 Å². The van der Waals surface area contributed by atoms with Gasteiger partial charge in [-0.25, -0.2) is 9.37 Å². The van der Waals surface area contributed by atoms with E-state index in [1.807, 2.05) is 18.2 Å². The first kappa shape index (κ1) is 23.8. The van der Waals surface area contributed by atoms with Gasteiger partial charge in [-0.1, -0.05) is 61.7 Å². The number of rotatable bonds is 10. The summed E-state index contributed by atoms with van der Waals surface area (Å²) in [6.07, 6.45) is 9.87. The van der Waals surface area contributed by atoms with Gasteiger partial charge in [0.05, 0.1) is 12.2 Å². The third-order valence-electron chi connectivity index (χ3n) is 6.35. The summed E-state index contributed by atoms with van der Waals surface area (Å²) in [6, 6.07) is 15.9. The van der Waals surface area contributed by atoms with E-state index in [4.69, 9.17) is 0 Å². The Bertz CT molecular complexity index is 1020. The SMILES string of the molecule is O=C(CC1CCCCC1)NC(c1ccc(F)cc1)c1cnc(NCCCc2ccccc2)nn1. The Morgan fingerprint density at radius 2 is 1.76 bits per heavy atom. The lowest BCUT2D eigenvalue weighted by atomic mass is 9.86. The minimum absolute atomic E-state index is 0.0221. The quantitative estimate of drug-likeness (QED) is 0.404. The molecule has 0 aliphatic heterocycles. The van der Waals surface area contributed by atoms with Crippen molar-refractivity contribution in [1.29, 1.82) is 0 Å². The zero-order valence-electron chi connectivity index (χ0n) is 19.4. The second-order valence-corrected chi connectivity index (χ2v) is 8.98. The number of hydrogen-bond acceptors (Lipinski definition) is 5. The van der Waals surface area contributed by atoms with Gasteiger partial charge in [0.1, 0.15) is 11.5 Å². The molecule has 1 aliphatic rings. The van der Waals surface area contributed by atoms with Gasteiger partial charge in [-0.2, -0.15) is 0 Å². The number of nitrogens with one attached hydrogen (secondary N) is 2. The van der Waals surface area contributed by atoms with Crippen molar-refractivity contribution < 1.29 is 9.18 Å². The van der Waals surface area contributed by atoms with Crippen molar-refractivity contribution >= 4 is 11.9 Å². The van der Waals surface area contributed by atoms with Crippen LogP contribution in [0.1, 0.15) is 67.8 Å². The molecule has 2 N–H and O–H groups in total. The number of aromatic nitrogens is 3. The molecule has 0 bridgehead atoms. The minimum atomic E-state index is -0.524. The van der Waals surface area contributed by atoms with Crippen LogP contribution in [0.3, 0.4) is 0 Å². The van der Waals surface area contributed by atoms with E-state index in [0.29, 0.717) is 24.0 Å². The summed E-state index contributed by atoms with van der Waals surface area (Å²) in [7, 11) is 0. The van der Waals surface area contributed by atoms with E-state index >= 15 is 0 Å². The van der Waals surface area contributed by atoms with Gasteiger partial charge >= 0.3 is 0 Å².